The van der Waals surface area contributed by atoms with Crippen LogP contribution in [0.1, 0.15) is 30.3 Å². The third-order valence-electron chi connectivity index (χ3n) is 5.19. The lowest BCUT2D eigenvalue weighted by Crippen LogP contribution is -2.45. The summed E-state index contributed by atoms with van der Waals surface area (Å²) in [5, 5.41) is 8.78. The monoisotopic (exact) mass is 352 g/mol. The summed E-state index contributed by atoms with van der Waals surface area (Å²) in [6.45, 7) is 5.13. The summed E-state index contributed by atoms with van der Waals surface area (Å²) in [5.74, 6) is 1.74. The van der Waals surface area contributed by atoms with Gasteiger partial charge in [0, 0.05) is 37.6 Å². The van der Waals surface area contributed by atoms with Crippen molar-refractivity contribution >= 4 is 17.5 Å². The van der Waals surface area contributed by atoms with Crippen LogP contribution >= 0.6 is 0 Å². The maximum atomic E-state index is 12.5. The van der Waals surface area contributed by atoms with E-state index in [1.807, 2.05) is 34.8 Å². The van der Waals surface area contributed by atoms with Crippen LogP contribution in [0.5, 0.6) is 0 Å². The fourth-order valence-corrected chi connectivity index (χ4v) is 3.75. The largest absolute Gasteiger partial charge is 0.348 e. The summed E-state index contributed by atoms with van der Waals surface area (Å²) in [6.07, 6.45) is 4.90. The van der Waals surface area contributed by atoms with Gasteiger partial charge in [-0.2, -0.15) is 19.7 Å². The number of nitrogens with zero attached hydrogens (tertiary/aromatic N) is 8. The molecule has 3 aromatic heterocycles. The number of carbonyl (C=O) groups is 1. The van der Waals surface area contributed by atoms with Crippen LogP contribution in [0.25, 0.3) is 5.78 Å². The second kappa shape index (κ2) is 5.79. The number of carbonyl (C=O) groups excluding carboxylic acids is 1. The van der Waals surface area contributed by atoms with Gasteiger partial charge >= 0.3 is 0 Å². The molecule has 1 atom stereocenters. The van der Waals surface area contributed by atoms with Crippen LogP contribution in [-0.4, -0.2) is 59.8 Å². The molecule has 5 rings (SSSR count). The van der Waals surface area contributed by atoms with Gasteiger partial charge < -0.3 is 9.80 Å². The predicted molar refractivity (Wildman–Crippen MR) is 93.6 cm³/mol. The smallest absolute Gasteiger partial charge is 0.254 e. The van der Waals surface area contributed by atoms with Gasteiger partial charge in [0.25, 0.3) is 5.78 Å². The predicted octanol–water partition coefficient (Wildman–Crippen LogP) is 0.813. The minimum atomic E-state index is 0.00823. The molecule has 2 aliphatic heterocycles. The SMILES string of the molecule is Cc1cc(N2Cc3ccnn3C(CC(=O)N3CCC3)C2)n2ncnc2n1. The van der Waals surface area contributed by atoms with Crippen molar-refractivity contribution in [2.75, 3.05) is 24.5 Å². The molecule has 0 bridgehead atoms. The van der Waals surface area contributed by atoms with Gasteiger partial charge in [-0.05, 0) is 19.4 Å². The van der Waals surface area contributed by atoms with E-state index in [2.05, 4.69) is 25.1 Å². The van der Waals surface area contributed by atoms with Crippen molar-refractivity contribution in [2.24, 2.45) is 0 Å². The van der Waals surface area contributed by atoms with Crippen LogP contribution in [-0.2, 0) is 11.3 Å². The zero-order valence-corrected chi connectivity index (χ0v) is 14.6. The molecule has 5 heterocycles. The Labute approximate surface area is 150 Å². The minimum absolute atomic E-state index is 0.00823. The van der Waals surface area contributed by atoms with Gasteiger partial charge in [-0.15, -0.1) is 0 Å². The number of fused-ring (bicyclic) bond motifs is 2. The molecule has 0 aliphatic carbocycles. The van der Waals surface area contributed by atoms with Gasteiger partial charge in [-0.3, -0.25) is 9.48 Å². The van der Waals surface area contributed by atoms with Gasteiger partial charge in [0.2, 0.25) is 5.91 Å². The number of anilines is 1. The number of amides is 1. The van der Waals surface area contributed by atoms with Gasteiger partial charge in [0.05, 0.1) is 24.7 Å². The molecule has 0 aromatic carbocycles. The van der Waals surface area contributed by atoms with Gasteiger partial charge in [-0.1, -0.05) is 0 Å². The molecule has 3 aromatic rings. The molecule has 0 spiro atoms. The van der Waals surface area contributed by atoms with Gasteiger partial charge in [-0.25, -0.2) is 4.98 Å². The van der Waals surface area contributed by atoms with E-state index >= 15 is 0 Å². The third-order valence-corrected chi connectivity index (χ3v) is 5.19. The van der Waals surface area contributed by atoms with Crippen molar-refractivity contribution < 1.29 is 4.79 Å². The second-order valence-electron chi connectivity index (χ2n) is 6.97. The molecule has 26 heavy (non-hydrogen) atoms. The van der Waals surface area contributed by atoms with E-state index in [0.29, 0.717) is 25.3 Å². The van der Waals surface area contributed by atoms with Gasteiger partial charge in [0.1, 0.15) is 12.1 Å². The Morgan fingerprint density at radius 2 is 2.19 bits per heavy atom. The minimum Gasteiger partial charge on any atom is -0.348 e. The normalized spacial score (nSPS) is 19.5. The Balaban J connectivity index is 1.49. The molecule has 1 saturated heterocycles. The van der Waals surface area contributed by atoms with E-state index in [0.717, 1.165) is 36.7 Å². The number of hydrogen-bond donors (Lipinski definition) is 0. The number of hydrogen-bond acceptors (Lipinski definition) is 6. The molecule has 134 valence electrons. The second-order valence-corrected chi connectivity index (χ2v) is 6.97. The molecule has 1 unspecified atom stereocenters. The third kappa shape index (κ3) is 2.42. The van der Waals surface area contributed by atoms with Crippen LogP contribution < -0.4 is 4.90 Å². The first-order valence-corrected chi connectivity index (χ1v) is 8.91. The van der Waals surface area contributed by atoms with E-state index in [-0.39, 0.29) is 11.9 Å². The van der Waals surface area contributed by atoms with E-state index in [4.69, 9.17) is 0 Å². The van der Waals surface area contributed by atoms with E-state index < -0.39 is 0 Å². The Morgan fingerprint density at radius 1 is 1.31 bits per heavy atom. The van der Waals surface area contributed by atoms with Crippen LogP contribution in [0.3, 0.4) is 0 Å². The zero-order valence-electron chi connectivity index (χ0n) is 14.6. The molecule has 9 nitrogen and oxygen atoms in total. The Kier molecular flexibility index (Phi) is 3.41. The Bertz CT molecular complexity index is 972. The van der Waals surface area contributed by atoms with Crippen LogP contribution in [0.15, 0.2) is 24.7 Å². The topological polar surface area (TPSA) is 84.5 Å². The van der Waals surface area contributed by atoms with E-state index in [1.54, 1.807) is 4.52 Å². The van der Waals surface area contributed by atoms with Crippen LogP contribution in [0.2, 0.25) is 0 Å². The van der Waals surface area contributed by atoms with Crippen molar-refractivity contribution in [3.8, 4) is 0 Å². The summed E-state index contributed by atoms with van der Waals surface area (Å²) in [7, 11) is 0. The molecule has 9 heteroatoms. The highest BCUT2D eigenvalue weighted by atomic mass is 16.2. The maximum Gasteiger partial charge on any atom is 0.254 e. The van der Waals surface area contributed by atoms with Crippen molar-refractivity contribution in [3.05, 3.63) is 36.0 Å². The zero-order chi connectivity index (χ0) is 17.7. The quantitative estimate of drug-likeness (QED) is 0.694. The average Bonchev–Trinajstić information content (AvgIpc) is 3.20. The molecule has 0 N–H and O–H groups in total. The first-order chi connectivity index (χ1) is 12.7. The molecule has 2 aliphatic rings. The highest BCUT2D eigenvalue weighted by molar-refractivity contribution is 5.77. The lowest BCUT2D eigenvalue weighted by atomic mass is 10.1. The van der Waals surface area contributed by atoms with Crippen molar-refractivity contribution in [1.82, 2.24) is 34.3 Å². The molecular weight excluding hydrogens is 332 g/mol. The molecule has 1 amide bonds. The molecule has 0 radical (unpaired) electrons. The van der Waals surface area contributed by atoms with Crippen molar-refractivity contribution in [1.29, 1.82) is 0 Å². The fourth-order valence-electron chi connectivity index (χ4n) is 3.75. The lowest BCUT2D eigenvalue weighted by molar-refractivity contribution is -0.135. The standard InChI is InChI=1S/C17H20N8O/c1-12-7-15(25-17(21-12)18-11-20-25)23-9-13-3-4-19-24(13)14(10-23)8-16(26)22-5-2-6-22/h3-4,7,11,14H,2,5-6,8-10H2,1H3. The number of aryl methyl sites for hydroxylation is 1. The number of aromatic nitrogens is 6. The van der Waals surface area contributed by atoms with Crippen LogP contribution in [0.4, 0.5) is 5.82 Å². The summed E-state index contributed by atoms with van der Waals surface area (Å²) in [5.41, 5.74) is 1.99. The summed E-state index contributed by atoms with van der Waals surface area (Å²) >= 11 is 0. The van der Waals surface area contributed by atoms with Gasteiger partial charge in [0.15, 0.2) is 0 Å². The summed E-state index contributed by atoms with van der Waals surface area (Å²) in [6, 6.07) is 4.04. The first-order valence-electron chi connectivity index (χ1n) is 8.91. The Morgan fingerprint density at radius 3 is 3.00 bits per heavy atom. The highest BCUT2D eigenvalue weighted by Gasteiger charge is 2.31. The van der Waals surface area contributed by atoms with E-state index in [1.165, 1.54) is 6.33 Å². The fraction of sp³-hybridized carbons (Fsp3) is 0.471. The summed E-state index contributed by atoms with van der Waals surface area (Å²) in [4.78, 5) is 25.3. The number of rotatable bonds is 3. The highest BCUT2D eigenvalue weighted by Crippen LogP contribution is 2.28. The number of likely N-dealkylation sites (tertiary alicyclic amines) is 1. The average molecular weight is 352 g/mol. The van der Waals surface area contributed by atoms with Crippen molar-refractivity contribution in [3.63, 3.8) is 0 Å². The Hall–Kier alpha value is -2.97. The maximum absolute atomic E-state index is 12.5. The van der Waals surface area contributed by atoms with E-state index in [9.17, 15) is 4.79 Å². The summed E-state index contributed by atoms with van der Waals surface area (Å²) < 4.78 is 3.76. The molecule has 0 saturated carbocycles. The first kappa shape index (κ1) is 15.3. The molecule has 1 fully saturated rings. The molecular formula is C17H20N8O. The van der Waals surface area contributed by atoms with Crippen molar-refractivity contribution in [2.45, 2.75) is 32.4 Å². The lowest BCUT2D eigenvalue weighted by Gasteiger charge is -2.37. The van der Waals surface area contributed by atoms with Crippen LogP contribution in [0, 0.1) is 6.92 Å².